The van der Waals surface area contributed by atoms with Gasteiger partial charge in [0.05, 0.1) is 6.61 Å². The van der Waals surface area contributed by atoms with Crippen LogP contribution in [0.4, 0.5) is 0 Å². The number of carbonyl (C=O) groups excluding carboxylic acids is 1. The van der Waals surface area contributed by atoms with Gasteiger partial charge in [-0.05, 0) is 31.1 Å². The third kappa shape index (κ3) is 2.64. The van der Waals surface area contributed by atoms with Gasteiger partial charge >= 0.3 is 5.97 Å². The third-order valence-electron chi connectivity index (χ3n) is 2.77. The van der Waals surface area contributed by atoms with Crippen molar-refractivity contribution in [2.45, 2.75) is 30.8 Å². The Hall–Kier alpha value is -1.00. The van der Waals surface area contributed by atoms with Crippen LogP contribution in [0.2, 0.25) is 0 Å². The minimum atomic E-state index is -1.16. The van der Waals surface area contributed by atoms with Crippen molar-refractivity contribution < 1.29 is 14.6 Å². The molecular formula is C13H16O3S. The van der Waals surface area contributed by atoms with Crippen LogP contribution in [0.25, 0.3) is 0 Å². The number of ether oxygens (including phenoxy) is 1. The van der Waals surface area contributed by atoms with Crippen LogP contribution in [0.1, 0.15) is 30.6 Å². The lowest BCUT2D eigenvalue weighted by Crippen LogP contribution is -2.17. The van der Waals surface area contributed by atoms with Gasteiger partial charge in [0.25, 0.3) is 0 Å². The summed E-state index contributed by atoms with van der Waals surface area (Å²) in [4.78, 5) is 12.6. The molecule has 1 heterocycles. The minimum absolute atomic E-state index is 0.290. The van der Waals surface area contributed by atoms with E-state index in [2.05, 4.69) is 6.07 Å². The summed E-state index contributed by atoms with van der Waals surface area (Å²) in [6, 6.07) is 5.75. The molecule has 17 heavy (non-hydrogen) atoms. The molecule has 2 rings (SSSR count). The number of benzene rings is 1. The van der Waals surface area contributed by atoms with Gasteiger partial charge in [-0.25, -0.2) is 4.79 Å². The molecule has 1 atom stereocenters. The van der Waals surface area contributed by atoms with Crippen molar-refractivity contribution >= 4 is 17.7 Å². The second kappa shape index (κ2) is 5.56. The molecule has 0 saturated carbocycles. The van der Waals surface area contributed by atoms with E-state index in [0.29, 0.717) is 5.56 Å². The van der Waals surface area contributed by atoms with Crippen molar-refractivity contribution in [1.29, 1.82) is 0 Å². The average Bonchev–Trinajstić information content (AvgIpc) is 2.37. The summed E-state index contributed by atoms with van der Waals surface area (Å²) in [6.07, 6.45) is 1.01. The number of aryl methyl sites for hydroxylation is 1. The largest absolute Gasteiger partial charge is 0.464 e. The van der Waals surface area contributed by atoms with Gasteiger partial charge in [0.2, 0.25) is 0 Å². The van der Waals surface area contributed by atoms with Crippen molar-refractivity contribution in [2.24, 2.45) is 0 Å². The summed E-state index contributed by atoms with van der Waals surface area (Å²) >= 11 is 1.71. The first-order chi connectivity index (χ1) is 8.24. The highest BCUT2D eigenvalue weighted by atomic mass is 32.2. The van der Waals surface area contributed by atoms with Crippen LogP contribution >= 0.6 is 11.8 Å². The number of aliphatic hydroxyl groups excluding tert-OH is 1. The van der Waals surface area contributed by atoms with E-state index in [1.165, 1.54) is 5.56 Å². The molecule has 4 heteroatoms. The van der Waals surface area contributed by atoms with E-state index in [1.54, 1.807) is 24.8 Å². The number of fused-ring (bicyclic) bond motifs is 1. The molecule has 92 valence electrons. The number of hydrogen-bond acceptors (Lipinski definition) is 4. The number of rotatable bonds is 3. The number of carbonyl (C=O) groups is 1. The van der Waals surface area contributed by atoms with E-state index in [0.717, 1.165) is 23.5 Å². The van der Waals surface area contributed by atoms with Crippen LogP contribution in [-0.4, -0.2) is 23.4 Å². The smallest absolute Gasteiger partial charge is 0.339 e. The Kier molecular flexibility index (Phi) is 4.07. The lowest BCUT2D eigenvalue weighted by atomic mass is 10.0. The fourth-order valence-electron chi connectivity index (χ4n) is 1.98. The maximum Gasteiger partial charge on any atom is 0.339 e. The van der Waals surface area contributed by atoms with Crippen LogP contribution in [0.5, 0.6) is 0 Å². The van der Waals surface area contributed by atoms with E-state index in [9.17, 15) is 9.90 Å². The molecule has 1 aromatic carbocycles. The van der Waals surface area contributed by atoms with Gasteiger partial charge < -0.3 is 9.84 Å². The zero-order valence-electron chi connectivity index (χ0n) is 9.81. The molecule has 0 saturated heterocycles. The molecule has 0 radical (unpaired) electrons. The molecule has 0 bridgehead atoms. The normalized spacial score (nSPS) is 16.1. The van der Waals surface area contributed by atoms with Crippen molar-refractivity contribution in [3.8, 4) is 0 Å². The molecular weight excluding hydrogens is 236 g/mol. The molecule has 1 N–H and O–H groups in total. The van der Waals surface area contributed by atoms with Gasteiger partial charge in [0, 0.05) is 10.5 Å². The minimum Gasteiger partial charge on any atom is -0.464 e. The molecule has 1 unspecified atom stereocenters. The zero-order valence-corrected chi connectivity index (χ0v) is 10.6. The zero-order chi connectivity index (χ0) is 12.3. The number of thioether (sulfide) groups is 1. The summed E-state index contributed by atoms with van der Waals surface area (Å²) < 4.78 is 4.85. The van der Waals surface area contributed by atoms with E-state index in [4.69, 9.17) is 4.74 Å². The van der Waals surface area contributed by atoms with Crippen molar-refractivity contribution in [1.82, 2.24) is 0 Å². The lowest BCUT2D eigenvalue weighted by molar-refractivity contribution is -0.153. The van der Waals surface area contributed by atoms with E-state index in [1.807, 2.05) is 6.07 Å². The van der Waals surface area contributed by atoms with Gasteiger partial charge in [-0.1, -0.05) is 18.2 Å². The van der Waals surface area contributed by atoms with Crippen LogP contribution in [0, 0.1) is 0 Å². The first-order valence-electron chi connectivity index (χ1n) is 5.83. The topological polar surface area (TPSA) is 46.5 Å². The first-order valence-corrected chi connectivity index (χ1v) is 6.82. The highest BCUT2D eigenvalue weighted by Crippen LogP contribution is 2.36. The summed E-state index contributed by atoms with van der Waals surface area (Å²) in [5.74, 6) is 0.478. The van der Waals surface area contributed by atoms with Crippen molar-refractivity contribution in [2.75, 3.05) is 12.4 Å². The van der Waals surface area contributed by atoms with Gasteiger partial charge in [-0.2, -0.15) is 0 Å². The summed E-state index contributed by atoms with van der Waals surface area (Å²) in [6.45, 7) is 2.03. The van der Waals surface area contributed by atoms with E-state index in [-0.39, 0.29) is 6.61 Å². The summed E-state index contributed by atoms with van der Waals surface area (Å²) in [7, 11) is 0. The Labute approximate surface area is 105 Å². The van der Waals surface area contributed by atoms with Gasteiger partial charge in [0.15, 0.2) is 6.10 Å². The van der Waals surface area contributed by atoms with Crippen molar-refractivity contribution in [3.05, 3.63) is 29.3 Å². The molecule has 0 aliphatic carbocycles. The molecule has 1 aromatic rings. The Morgan fingerprint density at radius 3 is 3.18 bits per heavy atom. The standard InChI is InChI=1S/C13H16O3S/c1-2-16-13(15)11(14)10-7-3-5-9-6-4-8-17-12(9)10/h3,5,7,11,14H,2,4,6,8H2,1H3. The fraction of sp³-hybridized carbons (Fsp3) is 0.462. The maximum absolute atomic E-state index is 11.5. The van der Waals surface area contributed by atoms with E-state index >= 15 is 0 Å². The van der Waals surface area contributed by atoms with Crippen LogP contribution in [0.15, 0.2) is 23.1 Å². The molecule has 3 nitrogen and oxygen atoms in total. The Morgan fingerprint density at radius 2 is 2.41 bits per heavy atom. The predicted molar refractivity (Wildman–Crippen MR) is 67.1 cm³/mol. The second-order valence-electron chi connectivity index (χ2n) is 3.94. The van der Waals surface area contributed by atoms with Gasteiger partial charge in [-0.15, -0.1) is 11.8 Å². The number of esters is 1. The Morgan fingerprint density at radius 1 is 1.59 bits per heavy atom. The molecule has 0 fully saturated rings. The molecule has 0 aromatic heterocycles. The Bertz CT molecular complexity index is 417. The summed E-state index contributed by atoms with van der Waals surface area (Å²) in [5, 5.41) is 9.99. The fourth-order valence-corrected chi connectivity index (χ4v) is 3.17. The van der Waals surface area contributed by atoms with Crippen LogP contribution in [0.3, 0.4) is 0 Å². The highest BCUT2D eigenvalue weighted by molar-refractivity contribution is 7.99. The second-order valence-corrected chi connectivity index (χ2v) is 5.05. The predicted octanol–water partition coefficient (Wildman–Crippen LogP) is 2.32. The van der Waals surface area contributed by atoms with Gasteiger partial charge in [0.1, 0.15) is 0 Å². The average molecular weight is 252 g/mol. The number of hydrogen-bond donors (Lipinski definition) is 1. The summed E-state index contributed by atoms with van der Waals surface area (Å²) in [5.41, 5.74) is 1.91. The highest BCUT2D eigenvalue weighted by Gasteiger charge is 2.24. The monoisotopic (exact) mass is 252 g/mol. The van der Waals surface area contributed by atoms with Gasteiger partial charge in [-0.3, -0.25) is 0 Å². The Balaban J connectivity index is 2.28. The molecule has 0 amide bonds. The molecule has 1 aliphatic rings. The SMILES string of the molecule is CCOC(=O)C(O)c1cccc2c1SCCC2. The van der Waals surface area contributed by atoms with E-state index < -0.39 is 12.1 Å². The lowest BCUT2D eigenvalue weighted by Gasteiger charge is -2.20. The maximum atomic E-state index is 11.5. The van der Waals surface area contributed by atoms with Crippen molar-refractivity contribution in [3.63, 3.8) is 0 Å². The quantitative estimate of drug-likeness (QED) is 0.839. The molecule has 1 aliphatic heterocycles. The first kappa shape index (κ1) is 12.5. The van der Waals surface area contributed by atoms with Crippen LogP contribution in [-0.2, 0) is 16.0 Å². The third-order valence-corrected chi connectivity index (χ3v) is 4.05. The molecule has 0 spiro atoms. The van der Waals surface area contributed by atoms with Crippen LogP contribution < -0.4 is 0 Å². The number of aliphatic hydroxyl groups is 1.